The first-order valence-electron chi connectivity index (χ1n) is 12.7. The highest BCUT2D eigenvalue weighted by atomic mass is 32.2. The van der Waals surface area contributed by atoms with Gasteiger partial charge in [-0.3, -0.25) is 4.79 Å². The molecule has 0 aromatic heterocycles. The molecule has 2 aromatic rings. The molecule has 1 saturated carbocycles. The van der Waals surface area contributed by atoms with Crippen molar-refractivity contribution < 1.29 is 31.9 Å². The largest absolute Gasteiger partial charge is 0.493 e. The SMILES string of the molecule is CS(=O)(=O)NC(=O)c1cc(C2CC2)c(OC[C@@H]2C[C@H]3CC[C@@H](C2)N3C(=O)OCc2ccccc2)cc1F. The lowest BCUT2D eigenvalue weighted by atomic mass is 9.91. The van der Waals surface area contributed by atoms with Gasteiger partial charge in [-0.05, 0) is 67.6 Å². The minimum absolute atomic E-state index is 0.0947. The van der Waals surface area contributed by atoms with Gasteiger partial charge in [-0.2, -0.15) is 0 Å². The average Bonchev–Trinajstić information content (AvgIpc) is 3.65. The number of carbonyl (C=O) groups is 2. The summed E-state index contributed by atoms with van der Waals surface area (Å²) in [5.41, 5.74) is 1.37. The molecule has 2 aromatic carbocycles. The summed E-state index contributed by atoms with van der Waals surface area (Å²) in [4.78, 5) is 27.0. The van der Waals surface area contributed by atoms with E-state index >= 15 is 0 Å². The molecule has 37 heavy (non-hydrogen) atoms. The second-order valence-corrected chi connectivity index (χ2v) is 12.1. The number of hydrogen-bond donors (Lipinski definition) is 1. The van der Waals surface area contributed by atoms with Crippen LogP contribution in [0.2, 0.25) is 0 Å². The molecule has 3 atom stereocenters. The number of amides is 2. The van der Waals surface area contributed by atoms with Gasteiger partial charge in [0, 0.05) is 18.2 Å². The summed E-state index contributed by atoms with van der Waals surface area (Å²) < 4.78 is 51.1. The fourth-order valence-corrected chi connectivity index (χ4v) is 5.98. The number of hydrogen-bond acceptors (Lipinski definition) is 6. The Morgan fingerprint density at radius 1 is 1.05 bits per heavy atom. The highest BCUT2D eigenvalue weighted by Gasteiger charge is 2.44. The zero-order valence-electron chi connectivity index (χ0n) is 20.7. The van der Waals surface area contributed by atoms with Crippen molar-refractivity contribution in [3.05, 3.63) is 65.0 Å². The molecule has 3 aliphatic rings. The number of rotatable bonds is 8. The van der Waals surface area contributed by atoms with E-state index in [1.54, 1.807) is 0 Å². The molecular weight excluding hydrogens is 499 g/mol. The van der Waals surface area contributed by atoms with Crippen LogP contribution in [0.15, 0.2) is 42.5 Å². The van der Waals surface area contributed by atoms with Gasteiger partial charge in [-0.1, -0.05) is 30.3 Å². The molecule has 8 nitrogen and oxygen atoms in total. The molecule has 198 valence electrons. The Bertz CT molecular complexity index is 1270. The molecule has 2 heterocycles. The van der Waals surface area contributed by atoms with Gasteiger partial charge >= 0.3 is 6.09 Å². The van der Waals surface area contributed by atoms with Crippen molar-refractivity contribution in [2.75, 3.05) is 12.9 Å². The number of ether oxygens (including phenoxy) is 2. The summed E-state index contributed by atoms with van der Waals surface area (Å²) in [6.45, 7) is 0.629. The van der Waals surface area contributed by atoms with E-state index in [-0.39, 0.29) is 42.2 Å². The molecular formula is C27H31FN2O6S. The van der Waals surface area contributed by atoms with Crippen LogP contribution in [0.25, 0.3) is 0 Å². The van der Waals surface area contributed by atoms with Crippen LogP contribution in [-0.2, 0) is 21.4 Å². The smallest absolute Gasteiger partial charge is 0.410 e. The van der Waals surface area contributed by atoms with Crippen LogP contribution in [0.1, 0.15) is 65.9 Å². The molecule has 2 saturated heterocycles. The van der Waals surface area contributed by atoms with Gasteiger partial charge in [-0.15, -0.1) is 0 Å². The van der Waals surface area contributed by atoms with Gasteiger partial charge in [-0.25, -0.2) is 22.3 Å². The lowest BCUT2D eigenvalue weighted by Gasteiger charge is -2.38. The number of piperidine rings is 1. The monoisotopic (exact) mass is 530 g/mol. The third kappa shape index (κ3) is 6.06. The second-order valence-electron chi connectivity index (χ2n) is 10.3. The van der Waals surface area contributed by atoms with E-state index in [0.29, 0.717) is 12.4 Å². The molecule has 10 heteroatoms. The fourth-order valence-electron chi connectivity index (χ4n) is 5.53. The molecule has 1 N–H and O–H groups in total. The Morgan fingerprint density at radius 3 is 2.35 bits per heavy atom. The van der Waals surface area contributed by atoms with Gasteiger partial charge < -0.3 is 14.4 Å². The summed E-state index contributed by atoms with van der Waals surface area (Å²) in [6, 6.07) is 12.4. The van der Waals surface area contributed by atoms with E-state index in [2.05, 4.69) is 0 Å². The topological polar surface area (TPSA) is 102 Å². The molecule has 2 amide bonds. The number of benzene rings is 2. The number of nitrogens with one attached hydrogen (secondary N) is 1. The van der Waals surface area contributed by atoms with Gasteiger partial charge in [0.15, 0.2) is 0 Å². The maximum atomic E-state index is 14.8. The average molecular weight is 531 g/mol. The molecule has 5 rings (SSSR count). The molecule has 0 radical (unpaired) electrons. The van der Waals surface area contributed by atoms with Crippen molar-refractivity contribution in [2.45, 2.75) is 63.1 Å². The molecule has 0 spiro atoms. The minimum Gasteiger partial charge on any atom is -0.493 e. The van der Waals surface area contributed by atoms with Gasteiger partial charge in [0.05, 0.1) is 18.4 Å². The lowest BCUT2D eigenvalue weighted by molar-refractivity contribution is 0.0449. The molecule has 2 bridgehead atoms. The summed E-state index contributed by atoms with van der Waals surface area (Å²) >= 11 is 0. The Morgan fingerprint density at radius 2 is 1.73 bits per heavy atom. The van der Waals surface area contributed by atoms with Crippen molar-refractivity contribution in [1.82, 2.24) is 9.62 Å². The van der Waals surface area contributed by atoms with Crippen LogP contribution >= 0.6 is 0 Å². The normalized spacial score (nSPS) is 23.0. The predicted octanol–water partition coefficient (Wildman–Crippen LogP) is 4.35. The van der Waals surface area contributed by atoms with Gasteiger partial charge in [0.2, 0.25) is 10.0 Å². The van der Waals surface area contributed by atoms with E-state index in [9.17, 15) is 22.4 Å². The Balaban J connectivity index is 1.21. The third-order valence-corrected chi connectivity index (χ3v) is 7.92. The molecule has 0 unspecified atom stereocenters. The quantitative estimate of drug-likeness (QED) is 0.545. The van der Waals surface area contributed by atoms with Gasteiger partial charge in [0.1, 0.15) is 18.2 Å². The summed E-state index contributed by atoms with van der Waals surface area (Å²) in [5, 5.41) is 0. The number of fused-ring (bicyclic) bond motifs is 2. The zero-order valence-corrected chi connectivity index (χ0v) is 21.5. The second kappa shape index (κ2) is 10.3. The van der Waals surface area contributed by atoms with Crippen LogP contribution in [0.5, 0.6) is 5.75 Å². The van der Waals surface area contributed by atoms with Crippen molar-refractivity contribution in [3.63, 3.8) is 0 Å². The molecule has 3 fully saturated rings. The zero-order chi connectivity index (χ0) is 26.2. The summed E-state index contributed by atoms with van der Waals surface area (Å²) in [5.74, 6) is -1.04. The summed E-state index contributed by atoms with van der Waals surface area (Å²) in [7, 11) is -3.81. The van der Waals surface area contributed by atoms with Crippen molar-refractivity contribution >= 4 is 22.0 Å². The van der Waals surface area contributed by atoms with E-state index in [1.807, 2.05) is 40.0 Å². The lowest BCUT2D eigenvalue weighted by Crippen LogP contribution is -2.47. The van der Waals surface area contributed by atoms with Crippen molar-refractivity contribution in [1.29, 1.82) is 0 Å². The van der Waals surface area contributed by atoms with Crippen molar-refractivity contribution in [2.24, 2.45) is 5.92 Å². The van der Waals surface area contributed by atoms with E-state index < -0.39 is 21.7 Å². The Hall–Kier alpha value is -3.14. The highest BCUT2D eigenvalue weighted by molar-refractivity contribution is 7.89. The molecule has 1 aliphatic carbocycles. The van der Waals surface area contributed by atoms with Crippen molar-refractivity contribution in [3.8, 4) is 5.75 Å². The maximum absolute atomic E-state index is 14.8. The Labute approximate surface area is 216 Å². The van der Waals surface area contributed by atoms with Crippen LogP contribution in [-0.4, -0.2) is 50.3 Å². The van der Waals surface area contributed by atoms with E-state index in [0.717, 1.165) is 55.9 Å². The van der Waals surface area contributed by atoms with Crippen LogP contribution in [0, 0.1) is 11.7 Å². The maximum Gasteiger partial charge on any atom is 0.410 e. The highest BCUT2D eigenvalue weighted by Crippen LogP contribution is 2.46. The fraction of sp³-hybridized carbons (Fsp3) is 0.481. The Kier molecular flexibility index (Phi) is 7.11. The first-order valence-corrected chi connectivity index (χ1v) is 14.5. The summed E-state index contributed by atoms with van der Waals surface area (Å²) in [6.07, 6.45) is 5.80. The predicted molar refractivity (Wildman–Crippen MR) is 134 cm³/mol. The standard InChI is InChI=1S/C27H31FN2O6S/c1-37(33,34)29-26(31)23-13-22(19-7-8-19)25(14-24(23)28)35-16-18-11-20-9-10-21(12-18)30(20)27(32)36-15-17-5-3-2-4-6-17/h2-6,13-14,18-21H,7-12,15-16H2,1H3,(H,29,31)/t18-,20-,21+. The first-order chi connectivity index (χ1) is 17.7. The third-order valence-electron chi connectivity index (χ3n) is 7.36. The number of nitrogens with zero attached hydrogens (tertiary/aromatic N) is 1. The van der Waals surface area contributed by atoms with E-state index in [1.165, 1.54) is 12.1 Å². The van der Waals surface area contributed by atoms with Crippen LogP contribution in [0.4, 0.5) is 9.18 Å². The number of sulfonamides is 1. The minimum atomic E-state index is -3.81. The number of halogens is 1. The molecule has 2 aliphatic heterocycles. The first kappa shape index (κ1) is 25.5. The van der Waals surface area contributed by atoms with Crippen LogP contribution < -0.4 is 9.46 Å². The van der Waals surface area contributed by atoms with E-state index in [4.69, 9.17) is 9.47 Å². The van der Waals surface area contributed by atoms with Crippen LogP contribution in [0.3, 0.4) is 0 Å². The van der Waals surface area contributed by atoms with Gasteiger partial charge in [0.25, 0.3) is 5.91 Å². The number of carbonyl (C=O) groups excluding carboxylic acids is 2.